The molecule has 1 N–H and O–H groups in total. The number of nitrogens with one attached hydrogen (secondary N) is 1. The van der Waals surface area contributed by atoms with Crippen LogP contribution in [-0.2, 0) is 11.3 Å². The van der Waals surface area contributed by atoms with Crippen molar-refractivity contribution < 1.29 is 4.74 Å². The molecule has 1 aromatic carbocycles. The molecule has 4 aromatic rings. The highest BCUT2D eigenvalue weighted by atomic mass is 16.5. The fraction of sp³-hybridized carbons (Fsp3) is 0.381. The van der Waals surface area contributed by atoms with Crippen LogP contribution in [0.2, 0.25) is 0 Å². The molecule has 6 nitrogen and oxygen atoms in total. The van der Waals surface area contributed by atoms with E-state index in [2.05, 4.69) is 55.8 Å². The summed E-state index contributed by atoms with van der Waals surface area (Å²) in [7, 11) is 0. The highest BCUT2D eigenvalue weighted by Gasteiger charge is 2.37. The van der Waals surface area contributed by atoms with Crippen molar-refractivity contribution in [3.05, 3.63) is 60.2 Å². The molecule has 1 aliphatic carbocycles. The van der Waals surface area contributed by atoms with Crippen LogP contribution in [0.5, 0.6) is 0 Å². The Morgan fingerprint density at radius 2 is 2.04 bits per heavy atom. The zero-order chi connectivity index (χ0) is 18.2. The van der Waals surface area contributed by atoms with E-state index in [0.717, 1.165) is 41.9 Å². The van der Waals surface area contributed by atoms with Gasteiger partial charge in [-0.3, -0.25) is 4.40 Å². The Balaban J connectivity index is 1.42. The van der Waals surface area contributed by atoms with Gasteiger partial charge in [0.25, 0.3) is 0 Å². The lowest BCUT2D eigenvalue weighted by molar-refractivity contribution is 0.0422. The second kappa shape index (κ2) is 6.78. The smallest absolute Gasteiger partial charge is 0.179 e. The predicted molar refractivity (Wildman–Crippen MR) is 103 cm³/mol. The Morgan fingerprint density at radius 1 is 1.15 bits per heavy atom. The van der Waals surface area contributed by atoms with E-state index < -0.39 is 0 Å². The Bertz CT molecular complexity index is 1050. The van der Waals surface area contributed by atoms with Crippen molar-refractivity contribution in [3.63, 3.8) is 0 Å². The van der Waals surface area contributed by atoms with Crippen LogP contribution in [0, 0.1) is 5.92 Å². The molecule has 6 heteroatoms. The second-order valence-electron chi connectivity index (χ2n) is 7.39. The molecule has 3 unspecified atom stereocenters. The first-order valence-electron chi connectivity index (χ1n) is 9.66. The van der Waals surface area contributed by atoms with Crippen molar-refractivity contribution in [1.29, 1.82) is 0 Å². The Hall–Kier alpha value is -2.73. The molecule has 3 heterocycles. The highest BCUT2D eigenvalue weighted by molar-refractivity contribution is 5.74. The lowest BCUT2D eigenvalue weighted by atomic mass is 9.93. The summed E-state index contributed by atoms with van der Waals surface area (Å²) in [6, 6.07) is 12.4. The van der Waals surface area contributed by atoms with Crippen LogP contribution in [0.15, 0.2) is 48.8 Å². The summed E-state index contributed by atoms with van der Waals surface area (Å²) >= 11 is 0. The standard InChI is InChI=1S/C21H23N5O/c1-2-15-10-16(27-13-14-6-4-3-5-7-14)11-17(15)21-25-24-19-12-23-20-18(26(19)21)8-9-22-20/h3-9,12,15-17,22H,2,10-11,13H2,1H3. The van der Waals surface area contributed by atoms with Gasteiger partial charge in [-0.15, -0.1) is 10.2 Å². The number of aromatic amines is 1. The molecule has 27 heavy (non-hydrogen) atoms. The van der Waals surface area contributed by atoms with Crippen molar-refractivity contribution in [1.82, 2.24) is 24.6 Å². The van der Waals surface area contributed by atoms with Gasteiger partial charge in [-0.2, -0.15) is 0 Å². The Morgan fingerprint density at radius 3 is 2.89 bits per heavy atom. The maximum absolute atomic E-state index is 6.26. The summed E-state index contributed by atoms with van der Waals surface area (Å²) < 4.78 is 8.42. The lowest BCUT2D eigenvalue weighted by Gasteiger charge is -2.15. The van der Waals surface area contributed by atoms with Gasteiger partial charge in [0, 0.05) is 12.1 Å². The molecule has 3 aromatic heterocycles. The minimum atomic E-state index is 0.260. The Labute approximate surface area is 157 Å². The van der Waals surface area contributed by atoms with Crippen molar-refractivity contribution in [3.8, 4) is 0 Å². The number of nitrogens with zero attached hydrogens (tertiary/aromatic N) is 4. The number of H-pyrrole nitrogens is 1. The number of aromatic nitrogens is 5. The van der Waals surface area contributed by atoms with Gasteiger partial charge >= 0.3 is 0 Å². The van der Waals surface area contributed by atoms with Crippen LogP contribution in [0.4, 0.5) is 0 Å². The molecule has 0 radical (unpaired) electrons. The van der Waals surface area contributed by atoms with Crippen LogP contribution >= 0.6 is 0 Å². The quantitative estimate of drug-likeness (QED) is 0.581. The zero-order valence-electron chi connectivity index (χ0n) is 15.4. The van der Waals surface area contributed by atoms with Crippen LogP contribution in [-0.4, -0.2) is 30.7 Å². The van der Waals surface area contributed by atoms with Gasteiger partial charge in [-0.1, -0.05) is 43.7 Å². The van der Waals surface area contributed by atoms with Crippen LogP contribution in [0.1, 0.15) is 43.5 Å². The van der Waals surface area contributed by atoms with Gasteiger partial charge in [0.05, 0.1) is 24.4 Å². The predicted octanol–water partition coefficient (Wildman–Crippen LogP) is 4.09. The summed E-state index contributed by atoms with van der Waals surface area (Å²) in [6.45, 7) is 2.93. The monoisotopic (exact) mass is 361 g/mol. The van der Waals surface area contributed by atoms with E-state index in [1.165, 1.54) is 5.56 Å². The molecule has 0 amide bonds. The van der Waals surface area contributed by atoms with Crippen LogP contribution < -0.4 is 0 Å². The summed E-state index contributed by atoms with van der Waals surface area (Å²) in [6.07, 6.45) is 7.14. The van der Waals surface area contributed by atoms with E-state index in [9.17, 15) is 0 Å². The molecule has 0 bridgehead atoms. The minimum Gasteiger partial charge on any atom is -0.374 e. The maximum atomic E-state index is 6.26. The number of ether oxygens (including phenoxy) is 1. The molecule has 1 fully saturated rings. The molecular formula is C21H23N5O. The average molecular weight is 361 g/mol. The summed E-state index contributed by atoms with van der Waals surface area (Å²) in [5.41, 5.74) is 3.94. The van der Waals surface area contributed by atoms with E-state index in [0.29, 0.717) is 18.4 Å². The fourth-order valence-electron chi connectivity index (χ4n) is 4.40. The normalized spacial score (nSPS) is 22.8. The van der Waals surface area contributed by atoms with Crippen molar-refractivity contribution in [2.24, 2.45) is 5.92 Å². The van der Waals surface area contributed by atoms with Gasteiger partial charge in [0.2, 0.25) is 0 Å². The molecule has 1 aliphatic rings. The fourth-order valence-corrected chi connectivity index (χ4v) is 4.40. The number of rotatable bonds is 5. The number of fused-ring (bicyclic) bond motifs is 3. The minimum absolute atomic E-state index is 0.260. The molecule has 0 aliphatic heterocycles. The molecule has 0 spiro atoms. The van der Waals surface area contributed by atoms with Gasteiger partial charge in [0.15, 0.2) is 11.3 Å². The second-order valence-corrected chi connectivity index (χ2v) is 7.39. The summed E-state index contributed by atoms with van der Waals surface area (Å²) in [4.78, 5) is 7.60. The topological polar surface area (TPSA) is 68.1 Å². The Kier molecular flexibility index (Phi) is 4.13. The molecule has 138 valence electrons. The van der Waals surface area contributed by atoms with Crippen LogP contribution in [0.3, 0.4) is 0 Å². The lowest BCUT2D eigenvalue weighted by Crippen LogP contribution is -2.10. The summed E-state index contributed by atoms with van der Waals surface area (Å²) in [5.74, 6) is 1.95. The third-order valence-corrected chi connectivity index (χ3v) is 5.80. The number of hydrogen-bond acceptors (Lipinski definition) is 4. The van der Waals surface area contributed by atoms with Crippen molar-refractivity contribution in [2.45, 2.75) is 44.8 Å². The van der Waals surface area contributed by atoms with E-state index in [1.54, 1.807) is 6.20 Å². The van der Waals surface area contributed by atoms with E-state index in [4.69, 9.17) is 4.74 Å². The maximum Gasteiger partial charge on any atom is 0.179 e. The first kappa shape index (κ1) is 16.4. The van der Waals surface area contributed by atoms with Gasteiger partial charge in [0.1, 0.15) is 5.82 Å². The van der Waals surface area contributed by atoms with Gasteiger partial charge in [-0.25, -0.2) is 4.98 Å². The number of benzene rings is 1. The van der Waals surface area contributed by atoms with Crippen LogP contribution in [0.25, 0.3) is 16.8 Å². The summed E-state index contributed by atoms with van der Waals surface area (Å²) in [5, 5.41) is 8.94. The largest absolute Gasteiger partial charge is 0.374 e. The first-order valence-corrected chi connectivity index (χ1v) is 9.66. The molecule has 0 saturated heterocycles. The van der Waals surface area contributed by atoms with E-state index in [1.807, 2.05) is 18.3 Å². The van der Waals surface area contributed by atoms with Gasteiger partial charge in [-0.05, 0) is 30.4 Å². The van der Waals surface area contributed by atoms with Crippen molar-refractivity contribution >= 4 is 16.8 Å². The third kappa shape index (κ3) is 2.90. The van der Waals surface area contributed by atoms with Crippen molar-refractivity contribution in [2.75, 3.05) is 0 Å². The average Bonchev–Trinajstić information content (AvgIpc) is 3.43. The molecule has 1 saturated carbocycles. The van der Waals surface area contributed by atoms with E-state index in [-0.39, 0.29) is 6.10 Å². The van der Waals surface area contributed by atoms with Gasteiger partial charge < -0.3 is 9.72 Å². The SMILES string of the molecule is CCC1CC(OCc2ccccc2)CC1c1nnc2cnc3[nH]ccc3n12. The number of hydrogen-bond donors (Lipinski definition) is 1. The third-order valence-electron chi connectivity index (χ3n) is 5.80. The molecular weight excluding hydrogens is 338 g/mol. The first-order chi connectivity index (χ1) is 13.3. The molecule has 5 rings (SSSR count). The molecule has 3 atom stereocenters. The van der Waals surface area contributed by atoms with E-state index >= 15 is 0 Å². The zero-order valence-corrected chi connectivity index (χ0v) is 15.4. The highest BCUT2D eigenvalue weighted by Crippen LogP contribution is 2.42.